The normalized spacial score (nSPS) is 13.2. The first-order valence-electron chi connectivity index (χ1n) is 10.3. The highest BCUT2D eigenvalue weighted by Gasteiger charge is 2.35. The number of carbonyl (C=O) groups excluding carboxylic acids is 2. The third-order valence-corrected chi connectivity index (χ3v) is 7.23. The number of primary amides is 1. The van der Waals surface area contributed by atoms with Gasteiger partial charge in [0.05, 0.1) is 33.9 Å². The van der Waals surface area contributed by atoms with Crippen LogP contribution in [0.3, 0.4) is 0 Å². The highest BCUT2D eigenvalue weighted by atomic mass is 35.5. The summed E-state index contributed by atoms with van der Waals surface area (Å²) in [6.07, 6.45) is -4.30. The van der Waals surface area contributed by atoms with E-state index in [4.69, 9.17) is 29.6 Å². The fraction of sp³-hybridized carbons (Fsp3) is 0.174. The first kappa shape index (κ1) is 25.0. The lowest BCUT2D eigenvalue weighted by molar-refractivity contribution is -0.137. The first-order valence-corrected chi connectivity index (χ1v) is 11.9. The standard InChI is InChI=1S/C23H18ClF3N4O2S2/c24-15-7-3-4-8-16(15)29-22(34)31-10-9-13-17(11-31)35-21(18(13)19(28)32)30-20(33)12-5-1-2-6-14(12)23(25,26)27/h1-8H,9-11H2,(H2,28,32)(H,29,34)(H,30,33). The van der Waals surface area contributed by atoms with Crippen LogP contribution in [0.15, 0.2) is 48.5 Å². The monoisotopic (exact) mass is 538 g/mol. The van der Waals surface area contributed by atoms with Gasteiger partial charge in [-0.2, -0.15) is 13.2 Å². The average molecular weight is 539 g/mol. The number of nitrogens with zero attached hydrogens (tertiary/aromatic N) is 1. The Kier molecular flexibility index (Phi) is 7.02. The number of hydrogen-bond donors (Lipinski definition) is 3. The van der Waals surface area contributed by atoms with Gasteiger partial charge in [-0.3, -0.25) is 9.59 Å². The number of anilines is 2. The fourth-order valence-corrected chi connectivity index (χ4v) is 5.49. The maximum atomic E-state index is 13.4. The predicted octanol–water partition coefficient (Wildman–Crippen LogP) is 5.53. The van der Waals surface area contributed by atoms with E-state index < -0.39 is 29.1 Å². The zero-order chi connectivity index (χ0) is 25.3. The van der Waals surface area contributed by atoms with E-state index in [0.717, 1.165) is 28.3 Å². The average Bonchev–Trinajstić information content (AvgIpc) is 3.17. The molecule has 2 heterocycles. The lowest BCUT2D eigenvalue weighted by Crippen LogP contribution is -2.38. The summed E-state index contributed by atoms with van der Waals surface area (Å²) in [7, 11) is 0. The van der Waals surface area contributed by atoms with Crippen LogP contribution >= 0.6 is 35.2 Å². The van der Waals surface area contributed by atoms with Crippen molar-refractivity contribution >= 4 is 62.8 Å². The molecule has 35 heavy (non-hydrogen) atoms. The van der Waals surface area contributed by atoms with Crippen LogP contribution in [0.25, 0.3) is 0 Å². The molecule has 1 aliphatic rings. The summed E-state index contributed by atoms with van der Waals surface area (Å²) in [6.45, 7) is 0.788. The summed E-state index contributed by atoms with van der Waals surface area (Å²) < 4.78 is 40.1. The number of hydrogen-bond acceptors (Lipinski definition) is 4. The number of nitrogens with two attached hydrogens (primary N) is 1. The number of carbonyl (C=O) groups is 2. The summed E-state index contributed by atoms with van der Waals surface area (Å²) in [5.74, 6) is -1.75. The molecule has 0 fully saturated rings. The fourth-order valence-electron chi connectivity index (χ4n) is 3.78. The van der Waals surface area contributed by atoms with E-state index in [-0.39, 0.29) is 10.6 Å². The van der Waals surface area contributed by atoms with Crippen LogP contribution in [0.5, 0.6) is 0 Å². The molecule has 0 atom stereocenters. The van der Waals surface area contributed by atoms with Crippen LogP contribution in [0.4, 0.5) is 23.9 Å². The highest BCUT2D eigenvalue weighted by molar-refractivity contribution is 7.80. The molecular weight excluding hydrogens is 521 g/mol. The van der Waals surface area contributed by atoms with Gasteiger partial charge in [0.25, 0.3) is 11.8 Å². The van der Waals surface area contributed by atoms with E-state index in [9.17, 15) is 22.8 Å². The number of fused-ring (bicyclic) bond motifs is 1. The van der Waals surface area contributed by atoms with Gasteiger partial charge < -0.3 is 21.3 Å². The van der Waals surface area contributed by atoms with Gasteiger partial charge >= 0.3 is 6.18 Å². The highest BCUT2D eigenvalue weighted by Crippen LogP contribution is 2.38. The molecule has 0 radical (unpaired) electrons. The first-order chi connectivity index (χ1) is 16.6. The third kappa shape index (κ3) is 5.26. The van der Waals surface area contributed by atoms with Gasteiger partial charge in [0.15, 0.2) is 5.11 Å². The van der Waals surface area contributed by atoms with Crippen molar-refractivity contribution in [1.29, 1.82) is 0 Å². The Hall–Kier alpha value is -3.15. The van der Waals surface area contributed by atoms with Crippen molar-refractivity contribution in [3.05, 3.63) is 80.7 Å². The second-order valence-corrected chi connectivity index (χ2v) is 9.55. The molecule has 1 aromatic heterocycles. The molecule has 0 bridgehead atoms. The molecule has 4 rings (SSSR count). The summed E-state index contributed by atoms with van der Waals surface area (Å²) in [5, 5.41) is 6.58. The molecule has 2 aromatic carbocycles. The number of thiocarbonyl (C=S) groups is 1. The molecule has 182 valence electrons. The van der Waals surface area contributed by atoms with Crippen LogP contribution in [-0.4, -0.2) is 28.4 Å². The molecule has 0 saturated carbocycles. The van der Waals surface area contributed by atoms with Crippen LogP contribution < -0.4 is 16.4 Å². The summed E-state index contributed by atoms with van der Waals surface area (Å²) in [6, 6.07) is 11.6. The maximum Gasteiger partial charge on any atom is 0.417 e. The molecule has 0 spiro atoms. The molecule has 1 aliphatic heterocycles. The quantitative estimate of drug-likeness (QED) is 0.380. The number of rotatable bonds is 4. The van der Waals surface area contributed by atoms with E-state index in [1.807, 2.05) is 11.0 Å². The summed E-state index contributed by atoms with van der Waals surface area (Å²) >= 11 is 12.8. The number of nitrogens with one attached hydrogen (secondary N) is 2. The lowest BCUT2D eigenvalue weighted by atomic mass is 10.0. The minimum atomic E-state index is -4.71. The van der Waals surface area contributed by atoms with Crippen LogP contribution in [-0.2, 0) is 19.1 Å². The molecular formula is C23H18ClF3N4O2S2. The zero-order valence-electron chi connectivity index (χ0n) is 17.9. The van der Waals surface area contributed by atoms with Crippen molar-refractivity contribution in [2.45, 2.75) is 19.1 Å². The molecule has 12 heteroatoms. The van der Waals surface area contributed by atoms with Gasteiger partial charge in [-0.1, -0.05) is 35.9 Å². The molecule has 2 amide bonds. The van der Waals surface area contributed by atoms with E-state index >= 15 is 0 Å². The van der Waals surface area contributed by atoms with Crippen molar-refractivity contribution in [3.8, 4) is 0 Å². The van der Waals surface area contributed by atoms with Gasteiger partial charge in [-0.25, -0.2) is 0 Å². The smallest absolute Gasteiger partial charge is 0.365 e. The molecule has 0 aliphatic carbocycles. The van der Waals surface area contributed by atoms with Crippen molar-refractivity contribution in [2.24, 2.45) is 5.73 Å². The number of halogens is 4. The minimum absolute atomic E-state index is 0.104. The molecule has 0 saturated heterocycles. The Bertz CT molecular complexity index is 1330. The largest absolute Gasteiger partial charge is 0.417 e. The number of thiophene rings is 1. The van der Waals surface area contributed by atoms with Crippen molar-refractivity contribution in [3.63, 3.8) is 0 Å². The second kappa shape index (κ2) is 9.84. The zero-order valence-corrected chi connectivity index (χ0v) is 20.3. The molecule has 6 nitrogen and oxygen atoms in total. The van der Waals surface area contributed by atoms with Crippen LogP contribution in [0.1, 0.15) is 36.7 Å². The maximum absolute atomic E-state index is 13.4. The van der Waals surface area contributed by atoms with Gasteiger partial charge in [-0.05, 0) is 48.5 Å². The summed E-state index contributed by atoms with van der Waals surface area (Å²) in [4.78, 5) is 27.6. The Morgan fingerprint density at radius 1 is 1.09 bits per heavy atom. The minimum Gasteiger partial charge on any atom is -0.365 e. The predicted molar refractivity (Wildman–Crippen MR) is 134 cm³/mol. The van der Waals surface area contributed by atoms with Gasteiger partial charge in [0.2, 0.25) is 0 Å². The lowest BCUT2D eigenvalue weighted by Gasteiger charge is -2.29. The Morgan fingerprint density at radius 2 is 1.77 bits per heavy atom. The number of alkyl halides is 3. The van der Waals surface area contributed by atoms with Gasteiger partial charge in [0, 0.05) is 11.4 Å². The van der Waals surface area contributed by atoms with Crippen molar-refractivity contribution in [2.75, 3.05) is 17.2 Å². The van der Waals surface area contributed by atoms with Gasteiger partial charge in [0.1, 0.15) is 5.00 Å². The third-order valence-electron chi connectivity index (χ3n) is 5.41. The summed E-state index contributed by atoms with van der Waals surface area (Å²) in [5.41, 5.74) is 5.36. The number of para-hydroxylation sites is 1. The van der Waals surface area contributed by atoms with E-state index in [1.54, 1.807) is 18.2 Å². The van der Waals surface area contributed by atoms with Crippen molar-refractivity contribution in [1.82, 2.24) is 4.90 Å². The van der Waals surface area contributed by atoms with Crippen LogP contribution in [0.2, 0.25) is 5.02 Å². The SMILES string of the molecule is NC(=O)c1c(NC(=O)c2ccccc2C(F)(F)F)sc2c1CCN(C(=S)Nc1ccccc1Cl)C2. The van der Waals surface area contributed by atoms with E-state index in [2.05, 4.69) is 10.6 Å². The second-order valence-electron chi connectivity index (χ2n) is 7.65. The number of benzene rings is 2. The van der Waals surface area contributed by atoms with E-state index in [1.165, 1.54) is 12.1 Å². The van der Waals surface area contributed by atoms with Crippen LogP contribution in [0, 0.1) is 0 Å². The van der Waals surface area contributed by atoms with Crippen molar-refractivity contribution < 1.29 is 22.8 Å². The topological polar surface area (TPSA) is 87.5 Å². The Morgan fingerprint density at radius 3 is 2.46 bits per heavy atom. The van der Waals surface area contributed by atoms with Gasteiger partial charge in [-0.15, -0.1) is 11.3 Å². The van der Waals surface area contributed by atoms with E-state index in [0.29, 0.717) is 40.9 Å². The molecule has 4 N–H and O–H groups in total. The molecule has 0 unspecified atom stereocenters. The Balaban J connectivity index is 1.58. The number of amides is 2. The molecule has 3 aromatic rings. The Labute approximate surface area is 212 Å².